The van der Waals surface area contributed by atoms with Gasteiger partial charge in [0.25, 0.3) is 0 Å². The second kappa shape index (κ2) is 7.29. The van der Waals surface area contributed by atoms with E-state index in [-0.39, 0.29) is 12.1 Å². The minimum absolute atomic E-state index is 0.186. The summed E-state index contributed by atoms with van der Waals surface area (Å²) >= 11 is 0. The van der Waals surface area contributed by atoms with Crippen molar-refractivity contribution >= 4 is 23.6 Å². The second-order valence-electron chi connectivity index (χ2n) is 8.32. The van der Waals surface area contributed by atoms with Crippen LogP contribution in [0.1, 0.15) is 11.1 Å². The zero-order chi connectivity index (χ0) is 28.1. The maximum absolute atomic E-state index is 14.3. The Bertz CT molecular complexity index is 1160. The molecule has 2 aliphatic rings. The first-order valence-corrected chi connectivity index (χ1v) is 12.1. The van der Waals surface area contributed by atoms with E-state index in [1.807, 2.05) is 0 Å². The van der Waals surface area contributed by atoms with Gasteiger partial charge in [0.05, 0.1) is 0 Å². The molecule has 1 spiro atoms. The molecule has 0 saturated heterocycles. The molecule has 2 aromatic rings. The number of fused-ring (bicyclic) bond motifs is 4. The molecule has 2 aromatic carbocycles. The SMILES string of the molecule is NC(=O)CP12(OC(C(F)(F)F)(C(F)(F)F)c3ccccc31)OC(C(F)(F)F)(C(F)(F)F)c1ccccc12. The van der Waals surface area contributed by atoms with Gasteiger partial charge in [-0.25, -0.2) is 0 Å². The first-order valence-electron chi connectivity index (χ1n) is 9.81. The number of alkyl halides is 12. The molecule has 4 nitrogen and oxygen atoms in total. The Morgan fingerprint density at radius 3 is 1.22 bits per heavy atom. The molecule has 0 atom stereocenters. The summed E-state index contributed by atoms with van der Waals surface area (Å²) in [7, 11) is -7.02. The Labute approximate surface area is 198 Å². The van der Waals surface area contributed by atoms with Crippen molar-refractivity contribution in [2.24, 2.45) is 5.73 Å². The number of carbonyl (C=O) groups excluding carboxylic acids is 1. The minimum atomic E-state index is -7.02. The molecule has 37 heavy (non-hydrogen) atoms. The summed E-state index contributed by atoms with van der Waals surface area (Å²) in [4.78, 5) is 12.1. The predicted molar refractivity (Wildman–Crippen MR) is 103 cm³/mol. The van der Waals surface area contributed by atoms with Gasteiger partial charge < -0.3 is 0 Å². The fraction of sp³-hybridized carbons (Fsp3) is 0.350. The van der Waals surface area contributed by atoms with Gasteiger partial charge in [0.2, 0.25) is 0 Å². The summed E-state index contributed by atoms with van der Waals surface area (Å²) < 4.78 is 181. The monoisotopic (exact) mass is 573 g/mol. The number of hydrogen-bond donors (Lipinski definition) is 1. The number of rotatable bonds is 2. The van der Waals surface area contributed by atoms with Crippen LogP contribution in [-0.2, 0) is 25.0 Å². The Kier molecular flexibility index (Phi) is 5.41. The number of carbonyl (C=O) groups is 1. The first-order chi connectivity index (χ1) is 16.6. The van der Waals surface area contributed by atoms with Crippen molar-refractivity contribution in [1.82, 2.24) is 0 Å². The van der Waals surface area contributed by atoms with E-state index < -0.39 is 76.8 Å². The first kappa shape index (κ1) is 27.5. The number of primary amides is 1. The number of benzene rings is 2. The van der Waals surface area contributed by atoms with Gasteiger partial charge in [-0.05, 0) is 0 Å². The molecule has 0 aromatic heterocycles. The van der Waals surface area contributed by atoms with Gasteiger partial charge in [0.15, 0.2) is 0 Å². The van der Waals surface area contributed by atoms with Crippen LogP contribution in [0.2, 0.25) is 0 Å². The molecule has 0 bridgehead atoms. The van der Waals surface area contributed by atoms with Crippen LogP contribution < -0.4 is 16.3 Å². The summed E-state index contributed by atoms with van der Waals surface area (Å²) in [6.45, 7) is 0. The molecule has 4 rings (SSSR count). The molecule has 204 valence electrons. The number of halogens is 12. The molecule has 17 heteroatoms. The van der Waals surface area contributed by atoms with E-state index in [1.165, 1.54) is 0 Å². The number of hydrogen-bond acceptors (Lipinski definition) is 3. The fourth-order valence-electron chi connectivity index (χ4n) is 5.01. The third-order valence-electron chi connectivity index (χ3n) is 6.24. The fourth-order valence-corrected chi connectivity index (χ4v) is 10.7. The van der Waals surface area contributed by atoms with Crippen molar-refractivity contribution in [3.63, 3.8) is 0 Å². The van der Waals surface area contributed by atoms with Crippen LogP contribution in [-0.4, -0.2) is 36.8 Å². The molecule has 0 fully saturated rings. The molecule has 1 amide bonds. The Morgan fingerprint density at radius 1 is 0.649 bits per heavy atom. The maximum atomic E-state index is 14.3. The molecular weight excluding hydrogens is 561 g/mol. The van der Waals surface area contributed by atoms with Crippen LogP contribution in [0.3, 0.4) is 0 Å². The van der Waals surface area contributed by atoms with Crippen LogP contribution in [0.15, 0.2) is 48.5 Å². The van der Waals surface area contributed by atoms with Crippen molar-refractivity contribution in [2.75, 3.05) is 6.16 Å². The average molecular weight is 573 g/mol. The summed E-state index contributed by atoms with van der Waals surface area (Å²) in [6, 6.07) is 3.99. The molecule has 2 heterocycles. The average Bonchev–Trinajstić information content (AvgIpc) is 3.15. The normalized spacial score (nSPS) is 22.6. The van der Waals surface area contributed by atoms with E-state index >= 15 is 0 Å². The quantitative estimate of drug-likeness (QED) is 0.397. The van der Waals surface area contributed by atoms with E-state index in [0.29, 0.717) is 24.3 Å². The molecule has 0 unspecified atom stereocenters. The topological polar surface area (TPSA) is 61.6 Å². The predicted octanol–water partition coefficient (Wildman–Crippen LogP) is 5.21. The van der Waals surface area contributed by atoms with Crippen molar-refractivity contribution < 1.29 is 66.5 Å². The van der Waals surface area contributed by atoms with Crippen LogP contribution in [0.25, 0.3) is 0 Å². The molecule has 0 saturated carbocycles. The van der Waals surface area contributed by atoms with Gasteiger partial charge in [0, 0.05) is 0 Å². The Morgan fingerprint density at radius 2 is 0.946 bits per heavy atom. The van der Waals surface area contributed by atoms with E-state index in [0.717, 1.165) is 12.1 Å². The van der Waals surface area contributed by atoms with E-state index in [4.69, 9.17) is 5.73 Å². The summed E-state index contributed by atoms with van der Waals surface area (Å²) in [5.74, 6) is -1.87. The molecular formula is C20H12F12NO3P. The van der Waals surface area contributed by atoms with Crippen LogP contribution in [0, 0.1) is 0 Å². The van der Waals surface area contributed by atoms with E-state index in [1.54, 1.807) is 0 Å². The molecule has 0 aliphatic carbocycles. The zero-order valence-corrected chi connectivity index (χ0v) is 18.5. The van der Waals surface area contributed by atoms with Crippen molar-refractivity contribution in [1.29, 1.82) is 0 Å². The van der Waals surface area contributed by atoms with Gasteiger partial charge in [-0.2, -0.15) is 0 Å². The van der Waals surface area contributed by atoms with E-state index in [9.17, 15) is 57.5 Å². The molecule has 2 aliphatic heterocycles. The number of nitrogens with two attached hydrogens (primary N) is 1. The third kappa shape index (κ3) is 3.08. The molecule has 2 N–H and O–H groups in total. The summed E-state index contributed by atoms with van der Waals surface area (Å²) in [6.07, 6.45) is -28.0. The van der Waals surface area contributed by atoms with Crippen LogP contribution in [0.5, 0.6) is 0 Å². The Hall–Kier alpha value is -2.58. The van der Waals surface area contributed by atoms with E-state index in [2.05, 4.69) is 9.05 Å². The summed E-state index contributed by atoms with van der Waals surface area (Å²) in [5.41, 5.74) is -9.62. The van der Waals surface area contributed by atoms with Crippen LogP contribution >= 0.6 is 7.06 Å². The van der Waals surface area contributed by atoms with Crippen molar-refractivity contribution in [3.05, 3.63) is 59.7 Å². The van der Waals surface area contributed by atoms with Crippen LogP contribution in [0.4, 0.5) is 52.7 Å². The van der Waals surface area contributed by atoms with Crippen molar-refractivity contribution in [2.45, 2.75) is 35.9 Å². The second-order valence-corrected chi connectivity index (χ2v) is 12.2. The summed E-state index contributed by atoms with van der Waals surface area (Å²) in [5, 5.41) is -2.85. The van der Waals surface area contributed by atoms with Gasteiger partial charge >= 0.3 is 198 Å². The number of amides is 1. The van der Waals surface area contributed by atoms with Crippen molar-refractivity contribution in [3.8, 4) is 0 Å². The van der Waals surface area contributed by atoms with Gasteiger partial charge in [-0.1, -0.05) is 0 Å². The standard InChI is InChI=1S/C20H12F12NO3P/c21-17(22,23)15(18(24,25)26)10-5-1-3-7-12(10)37(35-15,9-14(33)34)13-8-4-2-6-11(13)16(36-37,19(27,28)29)20(30,31)32/h1-8H,9H2,(H2,33,34). The Balaban J connectivity index is 2.31. The molecule has 0 radical (unpaired) electrons. The van der Waals surface area contributed by atoms with Gasteiger partial charge in [0.1, 0.15) is 0 Å². The zero-order valence-electron chi connectivity index (χ0n) is 17.6. The van der Waals surface area contributed by atoms with Gasteiger partial charge in [-0.15, -0.1) is 0 Å². The van der Waals surface area contributed by atoms with Gasteiger partial charge in [-0.3, -0.25) is 0 Å². The third-order valence-corrected chi connectivity index (χ3v) is 11.2.